The third kappa shape index (κ3) is 3.79. The van der Waals surface area contributed by atoms with Crippen molar-refractivity contribution in [2.45, 2.75) is 26.4 Å². The topological polar surface area (TPSA) is 105 Å². The quantitative estimate of drug-likeness (QED) is 0.685. The van der Waals surface area contributed by atoms with E-state index in [9.17, 15) is 9.59 Å². The lowest BCUT2D eigenvalue weighted by Crippen LogP contribution is -2.40. The van der Waals surface area contributed by atoms with Crippen molar-refractivity contribution in [2.75, 3.05) is 0 Å². The SMILES string of the molecule is CC(C)[C@H](NCc1cnc(C(N)=O)s1)C(=O)O. The summed E-state index contributed by atoms with van der Waals surface area (Å²) in [6.45, 7) is 4.01. The fraction of sp³-hybridized carbons (Fsp3) is 0.500. The molecule has 0 saturated heterocycles. The first-order valence-electron chi connectivity index (χ1n) is 5.12. The van der Waals surface area contributed by atoms with E-state index in [-0.39, 0.29) is 10.9 Å². The van der Waals surface area contributed by atoms with Gasteiger partial charge in [-0.3, -0.25) is 14.9 Å². The lowest BCUT2D eigenvalue weighted by atomic mass is 10.1. The van der Waals surface area contributed by atoms with E-state index in [1.54, 1.807) is 0 Å². The number of carbonyl (C=O) groups is 2. The van der Waals surface area contributed by atoms with Crippen molar-refractivity contribution in [2.24, 2.45) is 11.7 Å². The molecule has 94 valence electrons. The summed E-state index contributed by atoms with van der Waals surface area (Å²) in [5.41, 5.74) is 5.07. The second kappa shape index (κ2) is 5.74. The molecule has 1 aromatic rings. The summed E-state index contributed by atoms with van der Waals surface area (Å²) < 4.78 is 0. The van der Waals surface area contributed by atoms with Gasteiger partial charge in [-0.05, 0) is 5.92 Å². The molecule has 6 nitrogen and oxygen atoms in total. The molecule has 1 aromatic heterocycles. The van der Waals surface area contributed by atoms with E-state index < -0.39 is 17.9 Å². The molecule has 0 radical (unpaired) electrons. The molecule has 0 aliphatic carbocycles. The van der Waals surface area contributed by atoms with E-state index in [1.165, 1.54) is 17.5 Å². The first kappa shape index (κ1) is 13.6. The number of primary amides is 1. The fourth-order valence-electron chi connectivity index (χ4n) is 1.32. The van der Waals surface area contributed by atoms with Crippen molar-refractivity contribution >= 4 is 23.2 Å². The lowest BCUT2D eigenvalue weighted by Gasteiger charge is -2.16. The Morgan fingerprint density at radius 2 is 2.24 bits per heavy atom. The van der Waals surface area contributed by atoms with Crippen molar-refractivity contribution in [3.05, 3.63) is 16.1 Å². The molecule has 4 N–H and O–H groups in total. The number of nitrogens with two attached hydrogens (primary N) is 1. The van der Waals surface area contributed by atoms with Gasteiger partial charge in [0, 0.05) is 17.6 Å². The van der Waals surface area contributed by atoms with Crippen LogP contribution in [-0.4, -0.2) is 28.0 Å². The number of carboxylic acid groups (broad SMARTS) is 1. The Morgan fingerprint density at radius 3 is 2.65 bits per heavy atom. The molecule has 1 rings (SSSR count). The molecule has 1 heterocycles. The van der Waals surface area contributed by atoms with Crippen LogP contribution >= 0.6 is 11.3 Å². The summed E-state index contributed by atoms with van der Waals surface area (Å²) >= 11 is 1.17. The molecule has 0 aliphatic rings. The van der Waals surface area contributed by atoms with E-state index in [1.807, 2.05) is 13.8 Å². The van der Waals surface area contributed by atoms with Crippen LogP contribution in [0.2, 0.25) is 0 Å². The van der Waals surface area contributed by atoms with Crippen molar-refractivity contribution in [1.29, 1.82) is 0 Å². The van der Waals surface area contributed by atoms with Gasteiger partial charge in [0.15, 0.2) is 5.01 Å². The van der Waals surface area contributed by atoms with Crippen LogP contribution in [0.5, 0.6) is 0 Å². The maximum atomic E-state index is 10.9. The Balaban J connectivity index is 2.59. The van der Waals surface area contributed by atoms with Gasteiger partial charge >= 0.3 is 5.97 Å². The summed E-state index contributed by atoms with van der Waals surface area (Å²) in [5, 5.41) is 12.1. The maximum absolute atomic E-state index is 10.9. The van der Waals surface area contributed by atoms with Crippen LogP contribution in [0.25, 0.3) is 0 Å². The van der Waals surface area contributed by atoms with Gasteiger partial charge in [-0.15, -0.1) is 11.3 Å². The molecular weight excluding hydrogens is 242 g/mol. The number of carboxylic acids is 1. The number of amides is 1. The van der Waals surface area contributed by atoms with Crippen LogP contribution in [0.4, 0.5) is 0 Å². The molecule has 0 fully saturated rings. The summed E-state index contributed by atoms with van der Waals surface area (Å²) in [6, 6.07) is -0.617. The van der Waals surface area contributed by atoms with Gasteiger partial charge in [-0.25, -0.2) is 4.98 Å². The Labute approximate surface area is 103 Å². The zero-order chi connectivity index (χ0) is 13.0. The summed E-state index contributed by atoms with van der Waals surface area (Å²) in [5.74, 6) is -1.48. The molecule has 0 spiro atoms. The smallest absolute Gasteiger partial charge is 0.320 e. The van der Waals surface area contributed by atoms with Gasteiger partial charge in [0.05, 0.1) is 0 Å². The first-order chi connectivity index (χ1) is 7.91. The largest absolute Gasteiger partial charge is 0.480 e. The molecule has 17 heavy (non-hydrogen) atoms. The number of rotatable bonds is 6. The van der Waals surface area contributed by atoms with Crippen LogP contribution in [-0.2, 0) is 11.3 Å². The monoisotopic (exact) mass is 257 g/mol. The van der Waals surface area contributed by atoms with Crippen LogP contribution < -0.4 is 11.1 Å². The van der Waals surface area contributed by atoms with Gasteiger partial charge < -0.3 is 10.8 Å². The van der Waals surface area contributed by atoms with Gasteiger partial charge in [-0.2, -0.15) is 0 Å². The van der Waals surface area contributed by atoms with Crippen LogP contribution in [0.1, 0.15) is 28.5 Å². The average Bonchev–Trinajstić information content (AvgIpc) is 2.65. The van der Waals surface area contributed by atoms with Crippen molar-refractivity contribution < 1.29 is 14.7 Å². The summed E-state index contributed by atoms with van der Waals surface area (Å²) in [7, 11) is 0. The second-order valence-corrected chi connectivity index (χ2v) is 5.05. The number of hydrogen-bond donors (Lipinski definition) is 3. The van der Waals surface area contributed by atoms with Crippen molar-refractivity contribution in [3.8, 4) is 0 Å². The Bertz CT molecular complexity index is 417. The minimum absolute atomic E-state index is 0.0176. The number of carbonyl (C=O) groups excluding carboxylic acids is 1. The van der Waals surface area contributed by atoms with E-state index in [4.69, 9.17) is 10.8 Å². The highest BCUT2D eigenvalue weighted by Crippen LogP contribution is 2.13. The third-order valence-electron chi connectivity index (χ3n) is 2.19. The number of nitrogens with zero attached hydrogens (tertiary/aromatic N) is 1. The van der Waals surface area contributed by atoms with Crippen LogP contribution in [0.3, 0.4) is 0 Å². The van der Waals surface area contributed by atoms with Crippen molar-refractivity contribution in [1.82, 2.24) is 10.3 Å². The maximum Gasteiger partial charge on any atom is 0.320 e. The van der Waals surface area contributed by atoms with Crippen molar-refractivity contribution in [3.63, 3.8) is 0 Å². The molecule has 0 unspecified atom stereocenters. The molecule has 0 saturated carbocycles. The highest BCUT2D eigenvalue weighted by molar-refractivity contribution is 7.13. The second-order valence-electron chi connectivity index (χ2n) is 3.94. The number of aliphatic carboxylic acids is 1. The van der Waals surface area contributed by atoms with E-state index >= 15 is 0 Å². The Hall–Kier alpha value is -1.47. The van der Waals surface area contributed by atoms with E-state index in [0.717, 1.165) is 4.88 Å². The standard InChI is InChI=1S/C10H15N3O3S/c1-5(2)7(10(15)16)12-3-6-4-13-9(17-6)8(11)14/h4-5,7,12H,3H2,1-2H3,(H2,11,14)(H,15,16)/t7-/m0/s1. The molecule has 7 heteroatoms. The van der Waals surface area contributed by atoms with Crippen LogP contribution in [0, 0.1) is 5.92 Å². The van der Waals surface area contributed by atoms with Gasteiger partial charge in [0.25, 0.3) is 5.91 Å². The lowest BCUT2D eigenvalue weighted by molar-refractivity contribution is -0.140. The number of hydrogen-bond acceptors (Lipinski definition) is 5. The van der Waals surface area contributed by atoms with Gasteiger partial charge in [0.2, 0.25) is 0 Å². The molecule has 0 bridgehead atoms. The molecule has 1 amide bonds. The Morgan fingerprint density at radius 1 is 1.59 bits per heavy atom. The third-order valence-corrected chi connectivity index (χ3v) is 3.21. The van der Waals surface area contributed by atoms with Gasteiger partial charge in [-0.1, -0.05) is 13.8 Å². The highest BCUT2D eigenvalue weighted by Gasteiger charge is 2.20. The Kier molecular flexibility index (Phi) is 4.59. The molecular formula is C10H15N3O3S. The van der Waals surface area contributed by atoms with Gasteiger partial charge in [0.1, 0.15) is 6.04 Å². The molecule has 0 aliphatic heterocycles. The van der Waals surface area contributed by atoms with E-state index in [0.29, 0.717) is 6.54 Å². The fourth-order valence-corrected chi connectivity index (χ4v) is 2.04. The first-order valence-corrected chi connectivity index (χ1v) is 5.94. The minimum atomic E-state index is -0.889. The average molecular weight is 257 g/mol. The normalized spacial score (nSPS) is 12.6. The summed E-state index contributed by atoms with van der Waals surface area (Å²) in [4.78, 5) is 26.4. The van der Waals surface area contributed by atoms with E-state index in [2.05, 4.69) is 10.3 Å². The zero-order valence-corrected chi connectivity index (χ0v) is 10.5. The number of nitrogens with one attached hydrogen (secondary N) is 1. The summed E-state index contributed by atoms with van der Waals surface area (Å²) in [6.07, 6.45) is 1.52. The number of thiazole rings is 1. The predicted molar refractivity (Wildman–Crippen MR) is 63.7 cm³/mol. The number of aromatic nitrogens is 1. The minimum Gasteiger partial charge on any atom is -0.480 e. The zero-order valence-electron chi connectivity index (χ0n) is 9.64. The highest BCUT2D eigenvalue weighted by atomic mass is 32.1. The molecule has 1 atom stereocenters. The molecule has 0 aromatic carbocycles. The van der Waals surface area contributed by atoms with Crippen LogP contribution in [0.15, 0.2) is 6.20 Å². The predicted octanol–water partition coefficient (Wildman–Crippen LogP) is 0.441.